The minimum atomic E-state index is 0.346. The predicted molar refractivity (Wildman–Crippen MR) is 33.9 cm³/mol. The van der Waals surface area contributed by atoms with Crippen LogP contribution in [0, 0.1) is 0 Å². The first kappa shape index (κ1) is 5.22. The zero-order chi connectivity index (χ0) is 6.10. The lowest BCUT2D eigenvalue weighted by Gasteiger charge is -2.30. The summed E-state index contributed by atoms with van der Waals surface area (Å²) in [7, 11) is 0. The van der Waals surface area contributed by atoms with Crippen molar-refractivity contribution in [2.75, 3.05) is 13.1 Å². The maximum atomic E-state index is 3.11. The Bertz CT molecular complexity index is 133. The second-order valence-electron chi connectivity index (χ2n) is 2.20. The highest BCUT2D eigenvalue weighted by Gasteiger charge is 2.21. The maximum absolute atomic E-state index is 3.11. The van der Waals surface area contributed by atoms with Crippen molar-refractivity contribution in [3.63, 3.8) is 0 Å². The summed E-state index contributed by atoms with van der Waals surface area (Å²) in [6.45, 7) is 2.04. The first-order valence-corrected chi connectivity index (χ1v) is 3.15. The highest BCUT2D eigenvalue weighted by atomic mass is 15.6. The molecule has 0 radical (unpaired) electrons. The van der Waals surface area contributed by atoms with Gasteiger partial charge in [0.05, 0.1) is 0 Å². The fourth-order valence-electron chi connectivity index (χ4n) is 1.10. The van der Waals surface area contributed by atoms with E-state index >= 15 is 0 Å². The van der Waals surface area contributed by atoms with Gasteiger partial charge in [-0.3, -0.25) is 5.43 Å². The average Bonchev–Trinajstić information content (AvgIpc) is 2.33. The summed E-state index contributed by atoms with van der Waals surface area (Å²) in [6.07, 6.45) is 4.37. The van der Waals surface area contributed by atoms with Crippen molar-refractivity contribution in [2.45, 2.75) is 6.17 Å². The van der Waals surface area contributed by atoms with Crippen LogP contribution in [0.1, 0.15) is 0 Å². The molecule has 0 aromatic rings. The zero-order valence-corrected chi connectivity index (χ0v) is 5.09. The average molecular weight is 126 g/mol. The van der Waals surface area contributed by atoms with Crippen molar-refractivity contribution in [2.24, 2.45) is 0 Å². The molecular weight excluding hydrogens is 116 g/mol. The largest absolute Gasteiger partial charge is 0.325 e. The van der Waals surface area contributed by atoms with Crippen molar-refractivity contribution in [1.82, 2.24) is 21.3 Å². The number of fused-ring (bicyclic) bond motifs is 1. The lowest BCUT2D eigenvalue weighted by Crippen LogP contribution is -2.58. The van der Waals surface area contributed by atoms with Crippen LogP contribution in [0.2, 0.25) is 0 Å². The lowest BCUT2D eigenvalue weighted by molar-refractivity contribution is 0.124. The molecular formula is C5H10N4. The second kappa shape index (κ2) is 1.98. The number of hydrogen-bond acceptors (Lipinski definition) is 4. The number of hydrogen-bond donors (Lipinski definition) is 3. The molecule has 2 heterocycles. The Morgan fingerprint density at radius 1 is 1.56 bits per heavy atom. The molecule has 0 aromatic carbocycles. The van der Waals surface area contributed by atoms with Crippen molar-refractivity contribution in [1.29, 1.82) is 0 Å². The fraction of sp³-hybridized carbons (Fsp3) is 0.600. The van der Waals surface area contributed by atoms with Gasteiger partial charge in [-0.05, 0) is 6.08 Å². The van der Waals surface area contributed by atoms with Gasteiger partial charge in [0.2, 0.25) is 0 Å². The second-order valence-corrected chi connectivity index (χ2v) is 2.20. The standard InChI is InChI=1S/C5H10N4/c1-2-7-9-4-3-6-8-5(1)9/h1-2,5-8H,3-4H2. The lowest BCUT2D eigenvalue weighted by atomic mass is 10.4. The van der Waals surface area contributed by atoms with Gasteiger partial charge in [0.25, 0.3) is 0 Å². The third kappa shape index (κ3) is 0.808. The smallest absolute Gasteiger partial charge is 0.111 e. The van der Waals surface area contributed by atoms with Gasteiger partial charge in [0.15, 0.2) is 0 Å². The Morgan fingerprint density at radius 3 is 3.44 bits per heavy atom. The van der Waals surface area contributed by atoms with E-state index in [1.807, 2.05) is 6.20 Å². The van der Waals surface area contributed by atoms with Crippen LogP contribution in [-0.4, -0.2) is 24.3 Å². The van der Waals surface area contributed by atoms with Crippen molar-refractivity contribution in [3.8, 4) is 0 Å². The van der Waals surface area contributed by atoms with Gasteiger partial charge < -0.3 is 5.43 Å². The molecule has 1 fully saturated rings. The van der Waals surface area contributed by atoms with Gasteiger partial charge in [-0.2, -0.15) is 0 Å². The molecule has 2 aliphatic heterocycles. The third-order valence-corrected chi connectivity index (χ3v) is 1.58. The van der Waals surface area contributed by atoms with Crippen LogP contribution in [0.4, 0.5) is 0 Å². The quantitative estimate of drug-likeness (QED) is 0.379. The van der Waals surface area contributed by atoms with Gasteiger partial charge in [-0.1, -0.05) is 0 Å². The predicted octanol–water partition coefficient (Wildman–Crippen LogP) is -1.25. The van der Waals surface area contributed by atoms with E-state index in [4.69, 9.17) is 0 Å². The van der Waals surface area contributed by atoms with Crippen molar-refractivity contribution >= 4 is 0 Å². The molecule has 2 aliphatic rings. The molecule has 2 rings (SSSR count). The van der Waals surface area contributed by atoms with Crippen LogP contribution in [0.5, 0.6) is 0 Å². The summed E-state index contributed by atoms with van der Waals surface area (Å²) in [5.41, 5.74) is 9.29. The molecule has 1 atom stereocenters. The number of nitrogens with zero attached hydrogens (tertiary/aromatic N) is 1. The monoisotopic (exact) mass is 126 g/mol. The van der Waals surface area contributed by atoms with Crippen molar-refractivity contribution < 1.29 is 0 Å². The van der Waals surface area contributed by atoms with Gasteiger partial charge in [-0.15, -0.1) is 0 Å². The molecule has 9 heavy (non-hydrogen) atoms. The summed E-state index contributed by atoms with van der Waals surface area (Å²) in [5, 5.41) is 2.14. The molecule has 4 nitrogen and oxygen atoms in total. The van der Waals surface area contributed by atoms with E-state index < -0.39 is 0 Å². The van der Waals surface area contributed by atoms with E-state index in [2.05, 4.69) is 27.4 Å². The molecule has 0 spiro atoms. The fourth-order valence-corrected chi connectivity index (χ4v) is 1.10. The third-order valence-electron chi connectivity index (χ3n) is 1.58. The minimum absolute atomic E-state index is 0.346. The molecule has 3 N–H and O–H groups in total. The van der Waals surface area contributed by atoms with Gasteiger partial charge in [0.1, 0.15) is 6.17 Å². The normalized spacial score (nSPS) is 34.0. The molecule has 1 unspecified atom stereocenters. The highest BCUT2D eigenvalue weighted by molar-refractivity contribution is 4.97. The van der Waals surface area contributed by atoms with E-state index in [-0.39, 0.29) is 0 Å². The van der Waals surface area contributed by atoms with Gasteiger partial charge >= 0.3 is 0 Å². The number of nitrogens with one attached hydrogen (secondary N) is 3. The Kier molecular flexibility index (Phi) is 1.15. The first-order chi connectivity index (χ1) is 4.47. The summed E-state index contributed by atoms with van der Waals surface area (Å²) in [6, 6.07) is 0. The molecule has 0 saturated carbocycles. The van der Waals surface area contributed by atoms with Crippen LogP contribution in [0.25, 0.3) is 0 Å². The summed E-state index contributed by atoms with van der Waals surface area (Å²) in [4.78, 5) is 0. The van der Waals surface area contributed by atoms with Crippen LogP contribution < -0.4 is 16.3 Å². The van der Waals surface area contributed by atoms with Crippen LogP contribution in [0.3, 0.4) is 0 Å². The van der Waals surface area contributed by atoms with Gasteiger partial charge in [0, 0.05) is 19.3 Å². The Labute approximate surface area is 53.8 Å². The first-order valence-electron chi connectivity index (χ1n) is 3.15. The van der Waals surface area contributed by atoms with E-state index in [1.54, 1.807) is 0 Å². The van der Waals surface area contributed by atoms with Crippen molar-refractivity contribution in [3.05, 3.63) is 12.3 Å². The topological polar surface area (TPSA) is 39.3 Å². The number of rotatable bonds is 0. The SMILES string of the molecule is C1=CC2NNCCN2N1. The molecule has 50 valence electrons. The van der Waals surface area contributed by atoms with Crippen LogP contribution in [-0.2, 0) is 0 Å². The maximum Gasteiger partial charge on any atom is 0.111 e. The summed E-state index contributed by atoms with van der Waals surface area (Å²) in [5.74, 6) is 0. The molecule has 0 aromatic heterocycles. The molecule has 0 aliphatic carbocycles. The number of hydrazine groups is 2. The van der Waals surface area contributed by atoms with E-state index in [0.29, 0.717) is 6.17 Å². The summed E-state index contributed by atoms with van der Waals surface area (Å²) >= 11 is 0. The molecule has 1 saturated heterocycles. The van der Waals surface area contributed by atoms with E-state index in [1.165, 1.54) is 0 Å². The Hall–Kier alpha value is -0.580. The van der Waals surface area contributed by atoms with Gasteiger partial charge in [-0.25, -0.2) is 10.4 Å². The van der Waals surface area contributed by atoms with E-state index in [0.717, 1.165) is 13.1 Å². The zero-order valence-electron chi connectivity index (χ0n) is 5.09. The van der Waals surface area contributed by atoms with E-state index in [9.17, 15) is 0 Å². The highest BCUT2D eigenvalue weighted by Crippen LogP contribution is 2.01. The summed E-state index contributed by atoms with van der Waals surface area (Å²) < 4.78 is 0. The Balaban J connectivity index is 2.03. The van der Waals surface area contributed by atoms with Crippen LogP contribution >= 0.6 is 0 Å². The van der Waals surface area contributed by atoms with Crippen LogP contribution in [0.15, 0.2) is 12.3 Å². The molecule has 0 amide bonds. The minimum Gasteiger partial charge on any atom is -0.325 e. The molecule has 4 heteroatoms. The Morgan fingerprint density at radius 2 is 2.56 bits per heavy atom. The molecule has 0 bridgehead atoms.